The number of aliphatic hydroxyl groups is 3. The number of ether oxygens (including phenoxy) is 1. The van der Waals surface area contributed by atoms with E-state index in [9.17, 15) is 20.1 Å². The molecule has 4 heterocycles. The average molecular weight is 381 g/mol. The molecule has 26 heavy (non-hydrogen) atoms. The summed E-state index contributed by atoms with van der Waals surface area (Å²) in [7, 11) is 0. The van der Waals surface area contributed by atoms with Crippen molar-refractivity contribution in [2.75, 3.05) is 30.0 Å². The number of rotatable bonds is 3. The quantitative estimate of drug-likeness (QED) is 0.352. The van der Waals surface area contributed by atoms with Crippen molar-refractivity contribution in [1.82, 2.24) is 14.5 Å². The van der Waals surface area contributed by atoms with Gasteiger partial charge in [0.25, 0.3) is 0 Å². The van der Waals surface area contributed by atoms with Crippen molar-refractivity contribution >= 4 is 40.2 Å². The molecule has 2 aromatic rings. The summed E-state index contributed by atoms with van der Waals surface area (Å²) in [6.07, 6.45) is 0.323. The van der Waals surface area contributed by atoms with Gasteiger partial charge >= 0.3 is 0 Å². The lowest BCUT2D eigenvalue weighted by molar-refractivity contribution is -0.114. The number of nitrogens with zero attached hydrogens (tertiary/aromatic N) is 3. The maximum absolute atomic E-state index is 11.9. The number of aliphatic hydroxyl groups excluding tert-OH is 2. The standard InChI is InChI=1S/C15H19N5O5S/c1-15(24)10(23)7(5-21)25-13(15)20-4-6-9-11(17-8(22)3-16-6)18-14(26-2)19-12(9)20/h4,7,10,13,16,21,23-24H,3,5H2,1-2H3,(H,17,18,19,22)/t7-,10-,13?,15?/m1/s1. The third-order valence-electron chi connectivity index (χ3n) is 4.72. The van der Waals surface area contributed by atoms with Gasteiger partial charge in [-0.1, -0.05) is 11.8 Å². The highest BCUT2D eigenvalue weighted by molar-refractivity contribution is 7.98. The molecular weight excluding hydrogens is 362 g/mol. The number of aromatic nitrogens is 3. The summed E-state index contributed by atoms with van der Waals surface area (Å²) in [5.74, 6) is 0.152. The smallest absolute Gasteiger partial charge is 0.244 e. The van der Waals surface area contributed by atoms with Gasteiger partial charge in [0.15, 0.2) is 17.0 Å². The summed E-state index contributed by atoms with van der Waals surface area (Å²) in [5.41, 5.74) is -0.586. The van der Waals surface area contributed by atoms with Crippen LogP contribution in [0, 0.1) is 0 Å². The lowest BCUT2D eigenvalue weighted by Gasteiger charge is -2.27. The Labute approximate surface area is 152 Å². The first-order valence-corrected chi connectivity index (χ1v) is 9.26. The molecule has 2 unspecified atom stereocenters. The monoisotopic (exact) mass is 381 g/mol. The first-order valence-electron chi connectivity index (χ1n) is 8.04. The number of amides is 1. The van der Waals surface area contributed by atoms with Crippen LogP contribution in [0.1, 0.15) is 13.2 Å². The van der Waals surface area contributed by atoms with E-state index in [1.165, 1.54) is 18.7 Å². The highest BCUT2D eigenvalue weighted by Crippen LogP contribution is 2.43. The minimum atomic E-state index is -1.64. The molecule has 10 nitrogen and oxygen atoms in total. The second kappa shape index (κ2) is 6.06. The molecule has 0 aromatic carbocycles. The van der Waals surface area contributed by atoms with E-state index in [0.717, 1.165) is 0 Å². The Morgan fingerprint density at radius 1 is 1.50 bits per heavy atom. The van der Waals surface area contributed by atoms with Crippen molar-refractivity contribution in [1.29, 1.82) is 0 Å². The number of hydrogen-bond acceptors (Lipinski definition) is 9. The SMILES string of the molecule is CSc1nc2c3c(cn(C4O[C@H](CO)[C@@H](O)C4(C)O)c3n1)NCC(=O)N2. The second-order valence-corrected chi connectivity index (χ2v) is 7.26. The Bertz CT molecular complexity index is 885. The Morgan fingerprint density at radius 2 is 2.27 bits per heavy atom. The molecule has 0 saturated carbocycles. The third kappa shape index (κ3) is 2.47. The molecule has 0 radical (unpaired) electrons. The summed E-state index contributed by atoms with van der Waals surface area (Å²) in [4.78, 5) is 20.7. The number of carbonyl (C=O) groups excluding carboxylic acids is 1. The summed E-state index contributed by atoms with van der Waals surface area (Å²) in [5, 5.41) is 37.3. The predicted molar refractivity (Wildman–Crippen MR) is 94.1 cm³/mol. The Kier molecular flexibility index (Phi) is 4.08. The summed E-state index contributed by atoms with van der Waals surface area (Å²) >= 11 is 1.31. The molecule has 1 fully saturated rings. The van der Waals surface area contributed by atoms with Crippen molar-refractivity contribution in [2.24, 2.45) is 0 Å². The average Bonchev–Trinajstić information content (AvgIpc) is 3.01. The third-order valence-corrected chi connectivity index (χ3v) is 5.27. The molecule has 2 aliphatic rings. The molecule has 11 heteroatoms. The van der Waals surface area contributed by atoms with E-state index in [0.29, 0.717) is 27.7 Å². The Morgan fingerprint density at radius 3 is 2.92 bits per heavy atom. The van der Waals surface area contributed by atoms with Crippen molar-refractivity contribution in [3.8, 4) is 0 Å². The van der Waals surface area contributed by atoms with Gasteiger partial charge in [-0.2, -0.15) is 0 Å². The van der Waals surface area contributed by atoms with Gasteiger partial charge in [-0.15, -0.1) is 0 Å². The van der Waals surface area contributed by atoms with Crippen LogP contribution in [0.4, 0.5) is 11.5 Å². The van der Waals surface area contributed by atoms with Gasteiger partial charge in [0, 0.05) is 6.20 Å². The zero-order valence-corrected chi connectivity index (χ0v) is 14.9. The van der Waals surface area contributed by atoms with E-state index in [4.69, 9.17) is 4.74 Å². The predicted octanol–water partition coefficient (Wildman–Crippen LogP) is -0.481. The summed E-state index contributed by atoms with van der Waals surface area (Å²) in [6, 6.07) is 0. The fraction of sp³-hybridized carbons (Fsp3) is 0.533. The molecule has 2 aromatic heterocycles. The zero-order valence-electron chi connectivity index (χ0n) is 14.1. The second-order valence-electron chi connectivity index (χ2n) is 6.49. The Balaban J connectivity index is 1.92. The first kappa shape index (κ1) is 17.5. The van der Waals surface area contributed by atoms with E-state index in [2.05, 4.69) is 20.6 Å². The van der Waals surface area contributed by atoms with Crippen molar-refractivity contribution in [3.05, 3.63) is 6.20 Å². The van der Waals surface area contributed by atoms with E-state index < -0.39 is 30.6 Å². The van der Waals surface area contributed by atoms with E-state index in [1.807, 2.05) is 6.26 Å². The summed E-state index contributed by atoms with van der Waals surface area (Å²) in [6.45, 7) is 1.08. The van der Waals surface area contributed by atoms with Gasteiger partial charge in [-0.25, -0.2) is 9.97 Å². The van der Waals surface area contributed by atoms with Crippen molar-refractivity contribution < 1.29 is 24.9 Å². The minimum absolute atomic E-state index is 0.0634. The maximum Gasteiger partial charge on any atom is 0.244 e. The van der Waals surface area contributed by atoms with Crippen molar-refractivity contribution in [2.45, 2.75) is 36.1 Å². The van der Waals surface area contributed by atoms with Gasteiger partial charge in [0.05, 0.1) is 24.2 Å². The molecule has 5 N–H and O–H groups in total. The molecule has 2 aliphatic heterocycles. The molecule has 1 amide bonds. The van der Waals surface area contributed by atoms with Gasteiger partial charge < -0.3 is 35.3 Å². The topological polar surface area (TPSA) is 142 Å². The van der Waals surface area contributed by atoms with Crippen molar-refractivity contribution in [3.63, 3.8) is 0 Å². The molecule has 4 atom stereocenters. The molecule has 140 valence electrons. The highest BCUT2D eigenvalue weighted by atomic mass is 32.2. The summed E-state index contributed by atoms with van der Waals surface area (Å²) < 4.78 is 7.30. The lowest BCUT2D eigenvalue weighted by atomic mass is 9.96. The number of anilines is 2. The van der Waals surface area contributed by atoms with Crippen LogP contribution in [0.3, 0.4) is 0 Å². The van der Waals surface area contributed by atoms with Crippen LogP contribution in [0.5, 0.6) is 0 Å². The Hall–Kier alpha value is -1.92. The molecular formula is C15H19N5O5S. The van der Waals surface area contributed by atoms with E-state index in [1.54, 1.807) is 10.8 Å². The van der Waals surface area contributed by atoms with Gasteiger partial charge in [-0.05, 0) is 13.2 Å². The van der Waals surface area contributed by atoms with Gasteiger partial charge in [-0.3, -0.25) is 4.79 Å². The fourth-order valence-corrected chi connectivity index (χ4v) is 3.73. The minimum Gasteiger partial charge on any atom is -0.394 e. The largest absolute Gasteiger partial charge is 0.394 e. The number of nitrogens with one attached hydrogen (secondary N) is 2. The normalized spacial score (nSPS) is 31.0. The van der Waals surface area contributed by atoms with E-state index in [-0.39, 0.29) is 12.5 Å². The van der Waals surface area contributed by atoms with Crippen LogP contribution >= 0.6 is 11.8 Å². The van der Waals surface area contributed by atoms with E-state index >= 15 is 0 Å². The first-order chi connectivity index (χ1) is 12.4. The molecule has 0 aliphatic carbocycles. The van der Waals surface area contributed by atoms with Crippen LogP contribution in [0.25, 0.3) is 11.0 Å². The van der Waals surface area contributed by atoms with Crippen LogP contribution in [-0.4, -0.2) is 73.0 Å². The van der Waals surface area contributed by atoms with Gasteiger partial charge in [0.2, 0.25) is 5.91 Å². The fourth-order valence-electron chi connectivity index (χ4n) is 3.37. The van der Waals surface area contributed by atoms with Gasteiger partial charge in [0.1, 0.15) is 23.6 Å². The van der Waals surface area contributed by atoms with Crippen LogP contribution in [-0.2, 0) is 9.53 Å². The highest BCUT2D eigenvalue weighted by Gasteiger charge is 2.53. The number of thioether (sulfide) groups is 1. The molecule has 0 bridgehead atoms. The molecule has 4 rings (SSSR count). The zero-order chi connectivity index (χ0) is 18.6. The number of hydrogen-bond donors (Lipinski definition) is 5. The van der Waals surface area contributed by atoms with Crippen LogP contribution in [0.2, 0.25) is 0 Å². The molecule has 1 saturated heterocycles. The van der Waals surface area contributed by atoms with Crippen LogP contribution in [0.15, 0.2) is 11.4 Å². The number of carbonyl (C=O) groups is 1. The maximum atomic E-state index is 11.9. The molecule has 0 spiro atoms. The lowest BCUT2D eigenvalue weighted by Crippen LogP contribution is -2.44. The van der Waals surface area contributed by atoms with Crippen LogP contribution < -0.4 is 10.6 Å².